The number of benzene rings is 1. The lowest BCUT2D eigenvalue weighted by molar-refractivity contribution is 0.0251. The van der Waals surface area contributed by atoms with Gasteiger partial charge in [-0.3, -0.25) is 0 Å². The van der Waals surface area contributed by atoms with E-state index in [2.05, 4.69) is 5.32 Å². The molecule has 114 valence electrons. The molecule has 4 nitrogen and oxygen atoms in total. The lowest BCUT2D eigenvalue weighted by Gasteiger charge is -2.26. The van der Waals surface area contributed by atoms with Gasteiger partial charge in [0.15, 0.2) is 0 Å². The van der Waals surface area contributed by atoms with Gasteiger partial charge in [-0.1, -0.05) is 0 Å². The van der Waals surface area contributed by atoms with Gasteiger partial charge < -0.3 is 15.8 Å². The van der Waals surface area contributed by atoms with Crippen molar-refractivity contribution in [2.24, 2.45) is 5.73 Å². The lowest BCUT2D eigenvalue weighted by atomic mass is 9.94. The summed E-state index contributed by atoms with van der Waals surface area (Å²) in [6, 6.07) is 6.55. The van der Waals surface area contributed by atoms with Crippen LogP contribution in [0, 0.1) is 17.1 Å². The van der Waals surface area contributed by atoms with Crippen LogP contribution in [-0.4, -0.2) is 25.3 Å². The number of hydrogen-bond acceptors (Lipinski definition) is 4. The third-order valence-electron chi connectivity index (χ3n) is 3.75. The molecule has 0 heterocycles. The molecule has 0 spiro atoms. The third kappa shape index (κ3) is 5.33. The number of nitrogens with two attached hydrogens (primary N) is 1. The number of nitriles is 1. The summed E-state index contributed by atoms with van der Waals surface area (Å²) in [5.74, 6) is -0.397. The van der Waals surface area contributed by atoms with E-state index in [1.54, 1.807) is 6.07 Å². The number of anilines is 1. The SMILES string of the molecule is N#Cc1cc(F)cc(NCCCOC2CCC(N)CC2)c1. The Bertz CT molecular complexity index is 493. The molecule has 0 amide bonds. The van der Waals surface area contributed by atoms with E-state index in [-0.39, 0.29) is 0 Å². The van der Waals surface area contributed by atoms with E-state index in [0.717, 1.165) is 32.1 Å². The molecular weight excluding hydrogens is 269 g/mol. The molecule has 1 aromatic rings. The Hall–Kier alpha value is -1.64. The Morgan fingerprint density at radius 3 is 2.76 bits per heavy atom. The van der Waals surface area contributed by atoms with Gasteiger partial charge >= 0.3 is 0 Å². The number of rotatable bonds is 6. The molecule has 0 saturated heterocycles. The van der Waals surface area contributed by atoms with Gasteiger partial charge in [0.25, 0.3) is 0 Å². The van der Waals surface area contributed by atoms with Crippen LogP contribution in [0.3, 0.4) is 0 Å². The average Bonchev–Trinajstić information content (AvgIpc) is 2.48. The number of ether oxygens (including phenoxy) is 1. The number of nitrogens with zero attached hydrogens (tertiary/aromatic N) is 1. The van der Waals surface area contributed by atoms with Crippen LogP contribution >= 0.6 is 0 Å². The molecule has 0 unspecified atom stereocenters. The predicted octanol–water partition coefficient (Wildman–Crippen LogP) is 2.79. The van der Waals surface area contributed by atoms with Gasteiger partial charge in [0.05, 0.1) is 17.7 Å². The highest BCUT2D eigenvalue weighted by molar-refractivity contribution is 5.49. The maximum absolute atomic E-state index is 13.2. The molecule has 1 aromatic carbocycles. The van der Waals surface area contributed by atoms with Crippen LogP contribution in [0.2, 0.25) is 0 Å². The topological polar surface area (TPSA) is 71.1 Å². The van der Waals surface area contributed by atoms with Gasteiger partial charge in [0, 0.05) is 24.9 Å². The summed E-state index contributed by atoms with van der Waals surface area (Å²) in [5.41, 5.74) is 6.82. The third-order valence-corrected chi connectivity index (χ3v) is 3.75. The van der Waals surface area contributed by atoms with Crippen molar-refractivity contribution >= 4 is 5.69 Å². The fourth-order valence-electron chi connectivity index (χ4n) is 2.57. The molecule has 1 saturated carbocycles. The van der Waals surface area contributed by atoms with E-state index < -0.39 is 5.82 Å². The molecular formula is C16H22FN3O. The molecule has 0 aromatic heterocycles. The van der Waals surface area contributed by atoms with E-state index in [1.165, 1.54) is 12.1 Å². The first kappa shape index (κ1) is 15.7. The zero-order valence-corrected chi connectivity index (χ0v) is 12.1. The molecule has 0 bridgehead atoms. The predicted molar refractivity (Wildman–Crippen MR) is 80.4 cm³/mol. The smallest absolute Gasteiger partial charge is 0.126 e. The highest BCUT2D eigenvalue weighted by Crippen LogP contribution is 2.20. The van der Waals surface area contributed by atoms with Crippen LogP contribution < -0.4 is 11.1 Å². The fraction of sp³-hybridized carbons (Fsp3) is 0.562. The van der Waals surface area contributed by atoms with Gasteiger partial charge in [-0.05, 0) is 50.3 Å². The lowest BCUT2D eigenvalue weighted by Crippen LogP contribution is -2.30. The van der Waals surface area contributed by atoms with Gasteiger partial charge in [0.2, 0.25) is 0 Å². The standard InChI is InChI=1S/C16H22FN3O/c17-13-8-12(11-18)9-15(10-13)20-6-1-7-21-16-4-2-14(19)3-5-16/h8-10,14,16,20H,1-7,19H2. The number of halogens is 1. The second-order valence-corrected chi connectivity index (χ2v) is 5.53. The van der Waals surface area contributed by atoms with E-state index in [0.29, 0.717) is 36.5 Å². The first-order valence-corrected chi connectivity index (χ1v) is 7.49. The molecule has 21 heavy (non-hydrogen) atoms. The molecule has 0 radical (unpaired) electrons. The normalized spacial score (nSPS) is 21.8. The van der Waals surface area contributed by atoms with Crippen LogP contribution in [0.25, 0.3) is 0 Å². The molecule has 0 aliphatic heterocycles. The van der Waals surface area contributed by atoms with E-state index in [1.807, 2.05) is 6.07 Å². The fourth-order valence-corrected chi connectivity index (χ4v) is 2.57. The summed E-state index contributed by atoms with van der Waals surface area (Å²) < 4.78 is 19.1. The minimum absolute atomic E-state index is 0.326. The Morgan fingerprint density at radius 2 is 2.05 bits per heavy atom. The van der Waals surface area contributed by atoms with Crippen LogP contribution in [0.5, 0.6) is 0 Å². The summed E-state index contributed by atoms with van der Waals surface area (Å²) in [6.07, 6.45) is 5.37. The molecule has 5 heteroatoms. The summed E-state index contributed by atoms with van der Waals surface area (Å²) in [5, 5.41) is 11.9. The summed E-state index contributed by atoms with van der Waals surface area (Å²) in [6.45, 7) is 1.38. The highest BCUT2D eigenvalue weighted by atomic mass is 19.1. The molecule has 1 aliphatic rings. The van der Waals surface area contributed by atoms with Gasteiger partial charge in [-0.25, -0.2) is 4.39 Å². The second-order valence-electron chi connectivity index (χ2n) is 5.53. The van der Waals surface area contributed by atoms with Gasteiger partial charge in [-0.15, -0.1) is 0 Å². The van der Waals surface area contributed by atoms with Crippen LogP contribution in [0.1, 0.15) is 37.7 Å². The van der Waals surface area contributed by atoms with Crippen molar-refractivity contribution in [1.29, 1.82) is 5.26 Å². The maximum Gasteiger partial charge on any atom is 0.126 e. The van der Waals surface area contributed by atoms with Crippen molar-refractivity contribution < 1.29 is 9.13 Å². The zero-order valence-electron chi connectivity index (χ0n) is 12.1. The second kappa shape index (κ2) is 7.96. The first-order valence-electron chi connectivity index (χ1n) is 7.49. The first-order chi connectivity index (χ1) is 10.2. The van der Waals surface area contributed by atoms with E-state index >= 15 is 0 Å². The maximum atomic E-state index is 13.2. The molecule has 0 atom stereocenters. The Balaban J connectivity index is 1.64. The molecule has 1 aliphatic carbocycles. The minimum Gasteiger partial charge on any atom is -0.385 e. The largest absolute Gasteiger partial charge is 0.385 e. The Labute approximate surface area is 125 Å². The van der Waals surface area contributed by atoms with Crippen molar-refractivity contribution in [2.75, 3.05) is 18.5 Å². The van der Waals surface area contributed by atoms with Crippen molar-refractivity contribution in [2.45, 2.75) is 44.2 Å². The van der Waals surface area contributed by atoms with Crippen molar-refractivity contribution in [3.63, 3.8) is 0 Å². The van der Waals surface area contributed by atoms with Crippen LogP contribution in [0.4, 0.5) is 10.1 Å². The average molecular weight is 291 g/mol. The van der Waals surface area contributed by atoms with Gasteiger partial charge in [-0.2, -0.15) is 5.26 Å². The van der Waals surface area contributed by atoms with E-state index in [4.69, 9.17) is 15.7 Å². The number of nitrogens with one attached hydrogen (secondary N) is 1. The van der Waals surface area contributed by atoms with Crippen LogP contribution in [-0.2, 0) is 4.74 Å². The molecule has 2 rings (SSSR count). The van der Waals surface area contributed by atoms with Crippen molar-refractivity contribution in [1.82, 2.24) is 0 Å². The van der Waals surface area contributed by atoms with Gasteiger partial charge in [0.1, 0.15) is 5.82 Å². The van der Waals surface area contributed by atoms with Crippen molar-refractivity contribution in [3.05, 3.63) is 29.6 Å². The molecule has 1 fully saturated rings. The highest BCUT2D eigenvalue weighted by Gasteiger charge is 2.18. The zero-order chi connectivity index (χ0) is 15.1. The monoisotopic (exact) mass is 291 g/mol. The Morgan fingerprint density at radius 1 is 1.29 bits per heavy atom. The van der Waals surface area contributed by atoms with Crippen molar-refractivity contribution in [3.8, 4) is 6.07 Å². The van der Waals surface area contributed by atoms with E-state index in [9.17, 15) is 4.39 Å². The summed E-state index contributed by atoms with van der Waals surface area (Å²) in [4.78, 5) is 0. The Kier molecular flexibility index (Phi) is 5.97. The molecule has 3 N–H and O–H groups in total. The van der Waals surface area contributed by atoms with Crippen LogP contribution in [0.15, 0.2) is 18.2 Å². The number of hydrogen-bond donors (Lipinski definition) is 2. The summed E-state index contributed by atoms with van der Waals surface area (Å²) in [7, 11) is 0. The quantitative estimate of drug-likeness (QED) is 0.791. The summed E-state index contributed by atoms with van der Waals surface area (Å²) >= 11 is 0. The minimum atomic E-state index is -0.397.